The number of rotatable bonds is 4. The van der Waals surface area contributed by atoms with Crippen LogP contribution in [0.2, 0.25) is 0 Å². The van der Waals surface area contributed by atoms with E-state index in [-0.39, 0.29) is 11.6 Å². The van der Waals surface area contributed by atoms with E-state index in [0.29, 0.717) is 6.61 Å². The molecule has 0 aliphatic carbocycles. The highest BCUT2D eigenvalue weighted by molar-refractivity contribution is 5.82. The second-order valence-corrected chi connectivity index (χ2v) is 3.28. The van der Waals surface area contributed by atoms with Crippen molar-refractivity contribution in [2.24, 2.45) is 11.7 Å². The molecule has 0 saturated carbocycles. The first-order valence-electron chi connectivity index (χ1n) is 4.21. The molecule has 4 heteroatoms. The number of hydrogen-bond acceptors (Lipinski definition) is 3. The van der Waals surface area contributed by atoms with Crippen molar-refractivity contribution in [1.82, 2.24) is 0 Å². The zero-order valence-electron chi connectivity index (χ0n) is 8.21. The van der Waals surface area contributed by atoms with E-state index in [0.717, 1.165) is 6.08 Å². The molecule has 0 heterocycles. The van der Waals surface area contributed by atoms with Gasteiger partial charge in [-0.3, -0.25) is 0 Å². The SMILES string of the molecule is CC(C)COC(=O)C=C(N)C(C)F. The lowest BCUT2D eigenvalue weighted by Gasteiger charge is -2.05. The predicted molar refractivity (Wildman–Crippen MR) is 48.6 cm³/mol. The van der Waals surface area contributed by atoms with Crippen molar-refractivity contribution in [1.29, 1.82) is 0 Å². The normalized spacial score (nSPS) is 14.4. The number of nitrogens with two attached hydrogens (primary N) is 1. The molecule has 0 aromatic rings. The summed E-state index contributed by atoms with van der Waals surface area (Å²) in [4.78, 5) is 10.9. The number of carbonyl (C=O) groups is 1. The average molecular weight is 189 g/mol. The van der Waals surface area contributed by atoms with Crippen LogP contribution in [-0.4, -0.2) is 18.7 Å². The summed E-state index contributed by atoms with van der Waals surface area (Å²) >= 11 is 0. The minimum absolute atomic E-state index is 0.103. The van der Waals surface area contributed by atoms with E-state index >= 15 is 0 Å². The van der Waals surface area contributed by atoms with Gasteiger partial charge in [0.25, 0.3) is 0 Å². The van der Waals surface area contributed by atoms with Gasteiger partial charge in [0.1, 0.15) is 6.17 Å². The summed E-state index contributed by atoms with van der Waals surface area (Å²) in [5.41, 5.74) is 5.11. The number of halogens is 1. The minimum Gasteiger partial charge on any atom is -0.462 e. The number of carbonyl (C=O) groups excluding carboxylic acids is 1. The third-order valence-electron chi connectivity index (χ3n) is 1.30. The molecular formula is C9H16FNO2. The van der Waals surface area contributed by atoms with Gasteiger partial charge in [-0.05, 0) is 12.8 Å². The van der Waals surface area contributed by atoms with Gasteiger partial charge >= 0.3 is 5.97 Å². The van der Waals surface area contributed by atoms with Crippen LogP contribution in [-0.2, 0) is 9.53 Å². The summed E-state index contributed by atoms with van der Waals surface area (Å²) < 4.78 is 17.2. The van der Waals surface area contributed by atoms with Gasteiger partial charge in [-0.25, -0.2) is 9.18 Å². The van der Waals surface area contributed by atoms with Crippen LogP contribution in [0, 0.1) is 5.92 Å². The van der Waals surface area contributed by atoms with Crippen LogP contribution in [0.25, 0.3) is 0 Å². The molecule has 0 fully saturated rings. The highest BCUT2D eigenvalue weighted by atomic mass is 19.1. The van der Waals surface area contributed by atoms with Gasteiger partial charge in [-0.1, -0.05) is 13.8 Å². The lowest BCUT2D eigenvalue weighted by Crippen LogP contribution is -2.14. The highest BCUT2D eigenvalue weighted by Crippen LogP contribution is 2.00. The van der Waals surface area contributed by atoms with Crippen molar-refractivity contribution < 1.29 is 13.9 Å². The van der Waals surface area contributed by atoms with Crippen molar-refractivity contribution in [2.45, 2.75) is 26.9 Å². The largest absolute Gasteiger partial charge is 0.462 e. The molecule has 76 valence electrons. The monoisotopic (exact) mass is 189 g/mol. The Kier molecular flexibility index (Phi) is 5.11. The van der Waals surface area contributed by atoms with Gasteiger partial charge in [0, 0.05) is 11.8 Å². The molecule has 3 nitrogen and oxygen atoms in total. The van der Waals surface area contributed by atoms with Crippen LogP contribution in [0.3, 0.4) is 0 Å². The van der Waals surface area contributed by atoms with E-state index in [4.69, 9.17) is 10.5 Å². The number of ether oxygens (including phenoxy) is 1. The van der Waals surface area contributed by atoms with Gasteiger partial charge in [0.15, 0.2) is 0 Å². The molecule has 1 unspecified atom stereocenters. The van der Waals surface area contributed by atoms with Crippen LogP contribution < -0.4 is 5.73 Å². The van der Waals surface area contributed by atoms with E-state index < -0.39 is 12.1 Å². The summed E-state index contributed by atoms with van der Waals surface area (Å²) in [6, 6.07) is 0. The van der Waals surface area contributed by atoms with Crippen molar-refractivity contribution in [3.8, 4) is 0 Å². The molecule has 0 aliphatic heterocycles. The van der Waals surface area contributed by atoms with E-state index in [1.807, 2.05) is 13.8 Å². The molecule has 13 heavy (non-hydrogen) atoms. The topological polar surface area (TPSA) is 52.3 Å². The summed E-state index contributed by atoms with van der Waals surface area (Å²) in [6.45, 7) is 5.42. The van der Waals surface area contributed by atoms with E-state index in [9.17, 15) is 9.18 Å². The fourth-order valence-corrected chi connectivity index (χ4v) is 0.541. The summed E-state index contributed by atoms with van der Waals surface area (Å²) in [5.74, 6) is -0.322. The maximum absolute atomic E-state index is 12.5. The van der Waals surface area contributed by atoms with Crippen molar-refractivity contribution in [2.75, 3.05) is 6.61 Å². The maximum atomic E-state index is 12.5. The molecule has 2 N–H and O–H groups in total. The molecule has 1 atom stereocenters. The Labute approximate surface area is 77.7 Å². The molecule has 0 aliphatic rings. The predicted octanol–water partition coefficient (Wildman–Crippen LogP) is 1.39. The van der Waals surface area contributed by atoms with E-state index in [1.165, 1.54) is 6.92 Å². The highest BCUT2D eigenvalue weighted by Gasteiger charge is 2.06. The van der Waals surface area contributed by atoms with E-state index in [2.05, 4.69) is 0 Å². The number of allylic oxidation sites excluding steroid dienone is 1. The Morgan fingerprint density at radius 3 is 2.46 bits per heavy atom. The average Bonchev–Trinajstić information content (AvgIpc) is 2.00. The minimum atomic E-state index is -1.31. The van der Waals surface area contributed by atoms with Crippen LogP contribution in [0.1, 0.15) is 20.8 Å². The first kappa shape index (κ1) is 11.9. The molecule has 0 aromatic carbocycles. The molecular weight excluding hydrogens is 173 g/mol. The quantitative estimate of drug-likeness (QED) is 0.537. The fraction of sp³-hybridized carbons (Fsp3) is 0.667. The first-order chi connectivity index (χ1) is 5.93. The second-order valence-electron chi connectivity index (χ2n) is 3.28. The van der Waals surface area contributed by atoms with Crippen molar-refractivity contribution in [3.05, 3.63) is 11.8 Å². The Hall–Kier alpha value is -1.06. The fourth-order valence-electron chi connectivity index (χ4n) is 0.541. The Balaban J connectivity index is 3.93. The van der Waals surface area contributed by atoms with Gasteiger partial charge in [0.05, 0.1) is 6.61 Å². The van der Waals surface area contributed by atoms with Crippen molar-refractivity contribution >= 4 is 5.97 Å². The standard InChI is InChI=1S/C9H16FNO2/c1-6(2)5-13-9(12)4-8(11)7(3)10/h4,6-7H,5,11H2,1-3H3. The Morgan fingerprint density at radius 1 is 1.54 bits per heavy atom. The van der Waals surface area contributed by atoms with Crippen molar-refractivity contribution in [3.63, 3.8) is 0 Å². The molecule has 0 radical (unpaired) electrons. The molecule has 0 bridgehead atoms. The Morgan fingerprint density at radius 2 is 2.08 bits per heavy atom. The van der Waals surface area contributed by atoms with Crippen LogP contribution in [0.4, 0.5) is 4.39 Å². The van der Waals surface area contributed by atoms with Gasteiger partial charge in [-0.2, -0.15) is 0 Å². The first-order valence-corrected chi connectivity index (χ1v) is 4.21. The summed E-state index contributed by atoms with van der Waals surface area (Å²) in [7, 11) is 0. The molecule has 0 rings (SSSR count). The molecule has 0 amide bonds. The second kappa shape index (κ2) is 5.56. The van der Waals surface area contributed by atoms with Crippen LogP contribution >= 0.6 is 0 Å². The third-order valence-corrected chi connectivity index (χ3v) is 1.30. The van der Waals surface area contributed by atoms with Gasteiger partial charge < -0.3 is 10.5 Å². The summed E-state index contributed by atoms with van der Waals surface area (Å²) in [5, 5.41) is 0. The van der Waals surface area contributed by atoms with Gasteiger partial charge in [-0.15, -0.1) is 0 Å². The Bertz CT molecular complexity index is 200. The van der Waals surface area contributed by atoms with Crippen LogP contribution in [0.15, 0.2) is 11.8 Å². The lowest BCUT2D eigenvalue weighted by atomic mass is 10.2. The number of alkyl halides is 1. The van der Waals surface area contributed by atoms with Crippen LogP contribution in [0.5, 0.6) is 0 Å². The molecule has 0 aromatic heterocycles. The molecule has 0 spiro atoms. The zero-order valence-corrected chi connectivity index (χ0v) is 8.21. The smallest absolute Gasteiger partial charge is 0.332 e. The zero-order chi connectivity index (χ0) is 10.4. The third kappa shape index (κ3) is 6.13. The van der Waals surface area contributed by atoms with E-state index in [1.54, 1.807) is 0 Å². The maximum Gasteiger partial charge on any atom is 0.332 e. The van der Waals surface area contributed by atoms with Gasteiger partial charge in [0.2, 0.25) is 0 Å². The number of esters is 1. The number of hydrogen-bond donors (Lipinski definition) is 1. The lowest BCUT2D eigenvalue weighted by molar-refractivity contribution is -0.138. The molecule has 0 saturated heterocycles. The summed E-state index contributed by atoms with van der Waals surface area (Å²) in [6.07, 6.45) is -0.334.